The van der Waals surface area contributed by atoms with Gasteiger partial charge < -0.3 is 9.97 Å². The average molecular weight is 680 g/mol. The van der Waals surface area contributed by atoms with E-state index >= 15 is 0 Å². The number of aromatic nitrogens is 8. The van der Waals surface area contributed by atoms with Crippen molar-refractivity contribution in [3.8, 4) is 44.5 Å². The zero-order valence-electron chi connectivity index (χ0n) is 25.7. The fraction of sp³-hybridized carbons (Fsp3) is 0. The van der Waals surface area contributed by atoms with Gasteiger partial charge in [-0.2, -0.15) is 0 Å². The van der Waals surface area contributed by atoms with Crippen molar-refractivity contribution in [3.05, 3.63) is 145 Å². The van der Waals surface area contributed by atoms with Crippen molar-refractivity contribution in [2.24, 2.45) is 0 Å². The van der Waals surface area contributed by atoms with Crippen molar-refractivity contribution in [2.75, 3.05) is 0 Å². The van der Waals surface area contributed by atoms with Gasteiger partial charge in [-0.15, -0.1) is 22.1 Å². The zero-order valence-corrected chi connectivity index (χ0v) is 26.7. The fourth-order valence-corrected chi connectivity index (χ4v) is 6.31. The van der Waals surface area contributed by atoms with Gasteiger partial charge in [0, 0.05) is 71.8 Å². The van der Waals surface area contributed by atoms with E-state index in [1.54, 1.807) is 24.8 Å². The van der Waals surface area contributed by atoms with Crippen LogP contribution < -0.4 is 9.97 Å². The van der Waals surface area contributed by atoms with Gasteiger partial charge in [0.25, 0.3) is 0 Å². The number of hydrogen-bond acceptors (Lipinski definition) is 6. The van der Waals surface area contributed by atoms with E-state index in [2.05, 4.69) is 19.9 Å². The topological polar surface area (TPSA) is 106 Å². The van der Waals surface area contributed by atoms with Gasteiger partial charge in [-0.05, 0) is 70.8 Å². The third-order valence-electron chi connectivity index (χ3n) is 8.41. The molecule has 9 rings (SSSR count). The van der Waals surface area contributed by atoms with E-state index in [1.807, 2.05) is 122 Å². The van der Waals surface area contributed by atoms with Gasteiger partial charge in [0.05, 0.1) is 22.8 Å². The number of hydrogen-bond donors (Lipinski definition) is 0. The van der Waals surface area contributed by atoms with Crippen molar-refractivity contribution < 1.29 is 17.1 Å². The Kier molecular flexibility index (Phi) is 7.81. The molecule has 0 unspecified atom stereocenters. The SMILES string of the molecule is C1=Cc2nc1c(-c1cccnc1)c1ccc([n-]1)c(-c1cccnc1)c1nc(c(-c3cccnc3)c3ccc([n-]3)c2-c2cccnc2)C=C1.[Cu+2]. The predicted molar refractivity (Wildman–Crippen MR) is 190 cm³/mol. The van der Waals surface area contributed by atoms with E-state index in [0.29, 0.717) is 0 Å². The molecule has 9 heteroatoms. The number of pyridine rings is 4. The smallest absolute Gasteiger partial charge is 0.657 e. The van der Waals surface area contributed by atoms with Crippen LogP contribution in [-0.2, 0) is 17.1 Å². The number of nitrogens with zero attached hydrogens (tertiary/aromatic N) is 8. The molecule has 0 amide bonds. The maximum atomic E-state index is 5.23. The van der Waals surface area contributed by atoms with E-state index in [0.717, 1.165) is 89.4 Å². The quantitative estimate of drug-likeness (QED) is 0.172. The normalized spacial score (nSPS) is 11.8. The minimum atomic E-state index is 0. The van der Waals surface area contributed by atoms with Crippen molar-refractivity contribution in [2.45, 2.75) is 0 Å². The maximum absolute atomic E-state index is 5.23. The fourth-order valence-electron chi connectivity index (χ4n) is 6.31. The molecule has 0 aromatic carbocycles. The molecule has 2 aliphatic rings. The van der Waals surface area contributed by atoms with Crippen LogP contribution in [0.25, 0.3) is 90.9 Å². The first-order valence-corrected chi connectivity index (χ1v) is 15.5. The number of fused-ring (bicyclic) bond motifs is 8. The molecular weight excluding hydrogens is 656 g/mol. The Bertz CT molecular complexity index is 2190. The molecule has 1 radical (unpaired) electrons. The zero-order chi connectivity index (χ0) is 31.9. The van der Waals surface area contributed by atoms with Gasteiger partial charge >= 0.3 is 17.1 Å². The summed E-state index contributed by atoms with van der Waals surface area (Å²) >= 11 is 0. The van der Waals surface area contributed by atoms with Crippen molar-refractivity contribution in [1.82, 2.24) is 39.9 Å². The standard InChI is InChI=1S/C40H24N8.Cu/c1-5-25(21-41-17-1)37-29-9-11-31(45-29)38(26-6-2-18-42-22-26)33-13-15-35(47-33)40(28-8-4-20-44-24-28)36-16-14-34(48-36)39(27-7-3-19-43-23-27)32-12-10-30(37)46-32;/h1-24H;/q-2;+2. The monoisotopic (exact) mass is 679 g/mol. The average Bonchev–Trinajstić information content (AvgIpc) is 3.98. The first-order chi connectivity index (χ1) is 23.8. The molecule has 9 heterocycles. The Morgan fingerprint density at radius 1 is 0.347 bits per heavy atom. The molecule has 0 saturated heterocycles. The van der Waals surface area contributed by atoms with Crippen molar-refractivity contribution in [1.29, 1.82) is 0 Å². The van der Waals surface area contributed by atoms with E-state index in [9.17, 15) is 0 Å². The summed E-state index contributed by atoms with van der Waals surface area (Å²) in [5.41, 5.74) is 13.4. The molecule has 7 aromatic rings. The molecule has 235 valence electrons. The molecule has 0 atom stereocenters. The number of rotatable bonds is 4. The molecule has 49 heavy (non-hydrogen) atoms. The summed E-state index contributed by atoms with van der Waals surface area (Å²) in [4.78, 5) is 38.7. The van der Waals surface area contributed by atoms with E-state index in [1.165, 1.54) is 0 Å². The molecule has 8 bridgehead atoms. The van der Waals surface area contributed by atoms with Crippen molar-refractivity contribution in [3.63, 3.8) is 0 Å². The summed E-state index contributed by atoms with van der Waals surface area (Å²) in [6.45, 7) is 0. The molecule has 2 aliphatic heterocycles. The summed E-state index contributed by atoms with van der Waals surface area (Å²) in [7, 11) is 0. The summed E-state index contributed by atoms with van der Waals surface area (Å²) in [5.74, 6) is 0. The van der Waals surface area contributed by atoms with Gasteiger partial charge in [0.1, 0.15) is 0 Å². The van der Waals surface area contributed by atoms with Crippen LogP contribution in [0.5, 0.6) is 0 Å². The van der Waals surface area contributed by atoms with Crippen LogP contribution >= 0.6 is 0 Å². The van der Waals surface area contributed by atoms with Crippen LogP contribution in [0.1, 0.15) is 22.8 Å². The molecule has 0 spiro atoms. The Balaban J connectivity index is 0.00000348. The van der Waals surface area contributed by atoms with Crippen LogP contribution in [-0.4, -0.2) is 29.9 Å². The van der Waals surface area contributed by atoms with Crippen LogP contribution in [0.3, 0.4) is 0 Å². The van der Waals surface area contributed by atoms with Gasteiger partial charge in [0.2, 0.25) is 0 Å². The Hall–Kier alpha value is -6.28. The van der Waals surface area contributed by atoms with Crippen LogP contribution in [0.2, 0.25) is 0 Å². The van der Waals surface area contributed by atoms with E-state index in [-0.39, 0.29) is 17.1 Å². The summed E-state index contributed by atoms with van der Waals surface area (Å²) in [6.07, 6.45) is 22.6. The van der Waals surface area contributed by atoms with Gasteiger partial charge in [-0.25, -0.2) is 9.97 Å². The van der Waals surface area contributed by atoms with E-state index < -0.39 is 0 Å². The molecule has 0 fully saturated rings. The Morgan fingerprint density at radius 2 is 0.612 bits per heavy atom. The first-order valence-electron chi connectivity index (χ1n) is 15.5. The second-order valence-corrected chi connectivity index (χ2v) is 11.3. The molecule has 0 N–H and O–H groups in total. The Labute approximate surface area is 292 Å². The summed E-state index contributed by atoms with van der Waals surface area (Å²) in [6, 6.07) is 24.0. The first kappa shape index (κ1) is 30.1. The largest absolute Gasteiger partial charge is 2.00 e. The third-order valence-corrected chi connectivity index (χ3v) is 8.41. The molecule has 7 aromatic heterocycles. The minimum absolute atomic E-state index is 0. The summed E-state index contributed by atoms with van der Waals surface area (Å²) in [5, 5.41) is 0. The molecule has 0 aliphatic carbocycles. The second kappa shape index (κ2) is 12.7. The second-order valence-electron chi connectivity index (χ2n) is 11.3. The third kappa shape index (κ3) is 5.47. The maximum Gasteiger partial charge on any atom is 2.00 e. The molecule has 8 nitrogen and oxygen atoms in total. The van der Waals surface area contributed by atoms with Crippen LogP contribution in [0, 0.1) is 0 Å². The minimum Gasteiger partial charge on any atom is -0.657 e. The van der Waals surface area contributed by atoms with Crippen LogP contribution in [0.4, 0.5) is 0 Å². The summed E-state index contributed by atoms with van der Waals surface area (Å²) < 4.78 is 0. The van der Waals surface area contributed by atoms with Gasteiger partial charge in [-0.1, -0.05) is 48.5 Å². The van der Waals surface area contributed by atoms with Gasteiger partial charge in [-0.3, -0.25) is 19.9 Å². The Morgan fingerprint density at radius 3 is 0.837 bits per heavy atom. The van der Waals surface area contributed by atoms with Crippen LogP contribution in [0.15, 0.2) is 122 Å². The molecule has 0 saturated carbocycles. The molecular formula is C40H24CuN8. The van der Waals surface area contributed by atoms with E-state index in [4.69, 9.17) is 19.9 Å². The van der Waals surface area contributed by atoms with Crippen molar-refractivity contribution >= 4 is 46.4 Å². The predicted octanol–water partition coefficient (Wildman–Crippen LogP) is 8.16. The van der Waals surface area contributed by atoms with Gasteiger partial charge in [0.15, 0.2) is 0 Å².